The molecule has 1 radical (unpaired) electrons. The molecule has 2 nitrogen and oxygen atoms in total. The zero-order chi connectivity index (χ0) is 8.39. The van der Waals surface area contributed by atoms with E-state index < -0.39 is 0 Å². The van der Waals surface area contributed by atoms with Crippen LogP contribution in [0.1, 0.15) is 19.3 Å². The Morgan fingerprint density at radius 3 is 2.50 bits per heavy atom. The molecule has 2 heteroatoms. The second-order valence-corrected chi connectivity index (χ2v) is 3.43. The highest BCUT2D eigenvalue weighted by molar-refractivity contribution is 5.28. The first-order chi connectivity index (χ1) is 5.86. The minimum absolute atomic E-state index is 0.901. The maximum absolute atomic E-state index is 5.64. The van der Waals surface area contributed by atoms with Crippen LogP contribution in [0.15, 0.2) is 23.5 Å². The Hall–Kier alpha value is -0.920. The van der Waals surface area contributed by atoms with Gasteiger partial charge in [-0.25, -0.2) is 0 Å². The highest BCUT2D eigenvalue weighted by atomic mass is 15.1. The minimum atomic E-state index is 0.901. The van der Waals surface area contributed by atoms with Crippen LogP contribution in [0, 0.1) is 6.42 Å². The van der Waals surface area contributed by atoms with Crippen molar-refractivity contribution in [3.05, 3.63) is 30.0 Å². The number of hydrogen-bond donors (Lipinski definition) is 1. The van der Waals surface area contributed by atoms with E-state index in [1.807, 2.05) is 6.08 Å². The molecule has 1 heterocycles. The van der Waals surface area contributed by atoms with Gasteiger partial charge in [0.2, 0.25) is 0 Å². The molecule has 0 aromatic heterocycles. The first-order valence-corrected chi connectivity index (χ1v) is 4.61. The number of nitrogens with two attached hydrogens (primary N) is 1. The van der Waals surface area contributed by atoms with Gasteiger partial charge in [-0.1, -0.05) is 0 Å². The van der Waals surface area contributed by atoms with Gasteiger partial charge in [-0.3, -0.25) is 0 Å². The summed E-state index contributed by atoms with van der Waals surface area (Å²) in [6.45, 7) is 2.46. The van der Waals surface area contributed by atoms with Crippen molar-refractivity contribution in [1.82, 2.24) is 4.90 Å². The molecule has 65 valence electrons. The number of allylic oxidation sites excluding steroid dienone is 4. The van der Waals surface area contributed by atoms with Crippen molar-refractivity contribution in [3.63, 3.8) is 0 Å². The number of likely N-dealkylation sites (tertiary alicyclic amines) is 1. The smallest absolute Gasteiger partial charge is 0.0175 e. The summed E-state index contributed by atoms with van der Waals surface area (Å²) < 4.78 is 0. The Bertz CT molecular complexity index is 222. The Balaban J connectivity index is 2.04. The van der Waals surface area contributed by atoms with Gasteiger partial charge in [-0.15, -0.1) is 0 Å². The highest BCUT2D eigenvalue weighted by Gasteiger charge is 2.15. The van der Waals surface area contributed by atoms with Crippen molar-refractivity contribution in [1.29, 1.82) is 0 Å². The maximum atomic E-state index is 5.64. The summed E-state index contributed by atoms with van der Waals surface area (Å²) in [5, 5.41) is 0. The van der Waals surface area contributed by atoms with E-state index in [-0.39, 0.29) is 0 Å². The lowest BCUT2D eigenvalue weighted by Gasteiger charge is -2.23. The van der Waals surface area contributed by atoms with E-state index in [2.05, 4.69) is 17.4 Å². The second kappa shape index (κ2) is 3.21. The van der Waals surface area contributed by atoms with Crippen LogP contribution in [0.2, 0.25) is 0 Å². The molecular formula is C10H15N2. The average molecular weight is 163 g/mol. The van der Waals surface area contributed by atoms with Crippen molar-refractivity contribution in [2.75, 3.05) is 13.1 Å². The van der Waals surface area contributed by atoms with Gasteiger partial charge in [-0.2, -0.15) is 0 Å². The van der Waals surface area contributed by atoms with Gasteiger partial charge in [-0.05, 0) is 31.4 Å². The first-order valence-electron chi connectivity index (χ1n) is 4.61. The molecule has 1 saturated heterocycles. The quantitative estimate of drug-likeness (QED) is 0.633. The molecule has 2 N–H and O–H groups in total. The summed E-state index contributed by atoms with van der Waals surface area (Å²) >= 11 is 0. The predicted molar refractivity (Wildman–Crippen MR) is 50.1 cm³/mol. The van der Waals surface area contributed by atoms with Gasteiger partial charge in [0.15, 0.2) is 0 Å². The summed E-state index contributed by atoms with van der Waals surface area (Å²) in [7, 11) is 0. The summed E-state index contributed by atoms with van der Waals surface area (Å²) in [5.41, 5.74) is 7.97. The van der Waals surface area contributed by atoms with Crippen molar-refractivity contribution < 1.29 is 0 Å². The molecule has 1 aliphatic carbocycles. The summed E-state index contributed by atoms with van der Waals surface area (Å²) in [5.74, 6) is 0. The average Bonchev–Trinajstić information content (AvgIpc) is 2.58. The van der Waals surface area contributed by atoms with Crippen LogP contribution in [-0.2, 0) is 0 Å². The molecule has 0 spiro atoms. The van der Waals surface area contributed by atoms with E-state index in [4.69, 9.17) is 5.73 Å². The predicted octanol–water partition coefficient (Wildman–Crippen LogP) is 1.42. The molecule has 0 amide bonds. The van der Waals surface area contributed by atoms with Crippen LogP contribution < -0.4 is 5.73 Å². The summed E-state index contributed by atoms with van der Waals surface area (Å²) in [4.78, 5) is 2.46. The van der Waals surface area contributed by atoms with Gasteiger partial charge in [0.25, 0.3) is 0 Å². The van der Waals surface area contributed by atoms with E-state index in [9.17, 15) is 0 Å². The Morgan fingerprint density at radius 2 is 1.92 bits per heavy atom. The van der Waals surface area contributed by atoms with Crippen LogP contribution in [-0.4, -0.2) is 18.0 Å². The van der Waals surface area contributed by atoms with E-state index in [1.165, 1.54) is 31.6 Å². The van der Waals surface area contributed by atoms with E-state index >= 15 is 0 Å². The lowest BCUT2D eigenvalue weighted by molar-refractivity contribution is 0.415. The van der Waals surface area contributed by atoms with E-state index in [0.29, 0.717) is 0 Å². The van der Waals surface area contributed by atoms with Crippen LogP contribution in [0.5, 0.6) is 0 Å². The van der Waals surface area contributed by atoms with Crippen molar-refractivity contribution in [3.8, 4) is 0 Å². The Kier molecular flexibility index (Phi) is 2.07. The molecule has 0 atom stereocenters. The number of hydrogen-bond acceptors (Lipinski definition) is 2. The van der Waals surface area contributed by atoms with Crippen molar-refractivity contribution in [2.24, 2.45) is 5.73 Å². The van der Waals surface area contributed by atoms with Gasteiger partial charge < -0.3 is 10.6 Å². The fourth-order valence-electron chi connectivity index (χ4n) is 1.79. The largest absolute Gasteiger partial charge is 0.402 e. The molecule has 0 aromatic carbocycles. The monoisotopic (exact) mass is 163 g/mol. The fourth-order valence-corrected chi connectivity index (χ4v) is 1.79. The highest BCUT2D eigenvalue weighted by Crippen LogP contribution is 2.22. The van der Waals surface area contributed by atoms with Gasteiger partial charge in [0, 0.05) is 30.9 Å². The summed E-state index contributed by atoms with van der Waals surface area (Å²) in [6, 6.07) is 0. The normalized spacial score (nSPS) is 23.8. The minimum Gasteiger partial charge on any atom is -0.402 e. The van der Waals surface area contributed by atoms with Crippen LogP contribution in [0.4, 0.5) is 0 Å². The SMILES string of the molecule is NC1=CC=C(N2CCCC2)C[CH]1. The lowest BCUT2D eigenvalue weighted by atomic mass is 10.1. The molecule has 0 unspecified atom stereocenters. The van der Waals surface area contributed by atoms with Crippen molar-refractivity contribution in [2.45, 2.75) is 19.3 Å². The molecule has 1 fully saturated rings. The van der Waals surface area contributed by atoms with Crippen LogP contribution in [0.25, 0.3) is 0 Å². The standard InChI is InChI=1S/C10H15N2/c11-9-3-5-10(6-4-9)12-7-1-2-8-12/h3-5H,1-2,6-8,11H2. The first kappa shape index (κ1) is 7.71. The van der Waals surface area contributed by atoms with Gasteiger partial charge in [0.1, 0.15) is 0 Å². The molecule has 12 heavy (non-hydrogen) atoms. The van der Waals surface area contributed by atoms with Gasteiger partial charge >= 0.3 is 0 Å². The van der Waals surface area contributed by atoms with E-state index in [1.54, 1.807) is 0 Å². The second-order valence-electron chi connectivity index (χ2n) is 3.43. The molecular weight excluding hydrogens is 148 g/mol. The number of rotatable bonds is 1. The molecule has 0 bridgehead atoms. The maximum Gasteiger partial charge on any atom is 0.0175 e. The Labute approximate surface area is 73.7 Å². The summed E-state index contributed by atoms with van der Waals surface area (Å²) in [6.07, 6.45) is 9.95. The molecule has 2 rings (SSSR count). The topological polar surface area (TPSA) is 29.3 Å². The van der Waals surface area contributed by atoms with E-state index in [0.717, 1.165) is 12.1 Å². The zero-order valence-electron chi connectivity index (χ0n) is 7.29. The zero-order valence-corrected chi connectivity index (χ0v) is 7.29. The van der Waals surface area contributed by atoms with Crippen LogP contribution >= 0.6 is 0 Å². The van der Waals surface area contributed by atoms with Crippen molar-refractivity contribution >= 4 is 0 Å². The molecule has 0 aromatic rings. The fraction of sp³-hybridized carbons (Fsp3) is 0.500. The molecule has 0 saturated carbocycles. The van der Waals surface area contributed by atoms with Gasteiger partial charge in [0.05, 0.1) is 0 Å². The Morgan fingerprint density at radius 1 is 1.17 bits per heavy atom. The third kappa shape index (κ3) is 1.47. The molecule has 1 aliphatic heterocycles. The van der Waals surface area contributed by atoms with Crippen LogP contribution in [0.3, 0.4) is 0 Å². The lowest BCUT2D eigenvalue weighted by Crippen LogP contribution is -2.20. The third-order valence-electron chi connectivity index (χ3n) is 2.53. The molecule has 2 aliphatic rings. The number of nitrogens with zero attached hydrogens (tertiary/aromatic N) is 1. The third-order valence-corrected chi connectivity index (χ3v) is 2.53.